The molecular formula is C16H16ClN4NaO6S. The molecule has 1 N–H and O–H groups in total. The van der Waals surface area contributed by atoms with E-state index in [0.29, 0.717) is 11.4 Å². The van der Waals surface area contributed by atoms with E-state index in [2.05, 4.69) is 20.0 Å². The van der Waals surface area contributed by atoms with Crippen LogP contribution in [0.3, 0.4) is 0 Å². The molecule has 1 aromatic carbocycles. The molecule has 2 aromatic rings. The molecule has 0 aliphatic carbocycles. The summed E-state index contributed by atoms with van der Waals surface area (Å²) < 4.78 is 36.7. The molecule has 0 atom stereocenters. The monoisotopic (exact) mass is 450 g/mol. The van der Waals surface area contributed by atoms with Crippen molar-refractivity contribution < 1.29 is 56.5 Å². The predicted octanol–water partition coefficient (Wildman–Crippen LogP) is -0.278. The molecule has 0 aliphatic rings. The van der Waals surface area contributed by atoms with E-state index in [-0.39, 0.29) is 59.3 Å². The van der Waals surface area contributed by atoms with Gasteiger partial charge in [0, 0.05) is 11.4 Å². The number of halogens is 1. The van der Waals surface area contributed by atoms with Crippen molar-refractivity contribution in [3.8, 4) is 5.75 Å². The van der Waals surface area contributed by atoms with Crippen molar-refractivity contribution in [2.24, 2.45) is 0 Å². The molecule has 0 aliphatic heterocycles. The Morgan fingerprint density at radius 2 is 1.79 bits per heavy atom. The van der Waals surface area contributed by atoms with Gasteiger partial charge in [-0.1, -0.05) is 12.1 Å². The van der Waals surface area contributed by atoms with Crippen LogP contribution in [0.5, 0.6) is 5.75 Å². The van der Waals surface area contributed by atoms with Crippen LogP contribution in [-0.4, -0.2) is 42.9 Å². The first-order valence-corrected chi connectivity index (χ1v) is 9.73. The maximum atomic E-state index is 12.1. The molecule has 13 heteroatoms. The van der Waals surface area contributed by atoms with Crippen molar-refractivity contribution in [2.75, 3.05) is 17.8 Å². The molecule has 0 bridgehead atoms. The van der Waals surface area contributed by atoms with Gasteiger partial charge in [-0.25, -0.2) is 14.8 Å². The first kappa shape index (κ1) is 25.1. The second kappa shape index (κ2) is 11.3. The van der Waals surface area contributed by atoms with Crippen molar-refractivity contribution >= 4 is 39.9 Å². The van der Waals surface area contributed by atoms with E-state index in [1.165, 1.54) is 24.3 Å². The summed E-state index contributed by atoms with van der Waals surface area (Å²) in [6.45, 7) is 3.30. The van der Waals surface area contributed by atoms with Gasteiger partial charge < -0.3 is 14.2 Å². The van der Waals surface area contributed by atoms with Crippen LogP contribution in [0.25, 0.3) is 4.72 Å². The van der Waals surface area contributed by atoms with Crippen LogP contribution in [0.15, 0.2) is 30.3 Å². The molecule has 10 nitrogen and oxygen atoms in total. The number of rotatable bonds is 7. The van der Waals surface area contributed by atoms with E-state index < -0.39 is 22.3 Å². The number of aromatic nitrogens is 2. The number of anilines is 1. The van der Waals surface area contributed by atoms with Crippen LogP contribution in [-0.2, 0) is 15.0 Å². The van der Waals surface area contributed by atoms with E-state index in [4.69, 9.17) is 20.5 Å². The van der Waals surface area contributed by atoms with Gasteiger partial charge in [0.25, 0.3) is 0 Å². The van der Waals surface area contributed by atoms with Gasteiger partial charge in [-0.2, -0.15) is 8.42 Å². The van der Waals surface area contributed by atoms with Gasteiger partial charge in [0.05, 0.1) is 5.88 Å². The molecule has 0 saturated heterocycles. The first-order valence-electron chi connectivity index (χ1n) is 7.83. The number of nitrogens with zero attached hydrogens (tertiary/aromatic N) is 3. The van der Waals surface area contributed by atoms with Gasteiger partial charge in [0.15, 0.2) is 11.8 Å². The number of carbonyl (C=O) groups is 2. The van der Waals surface area contributed by atoms with Gasteiger partial charge in [-0.05, 0) is 32.0 Å². The van der Waals surface area contributed by atoms with Crippen molar-refractivity contribution in [3.63, 3.8) is 0 Å². The second-order valence-corrected chi connectivity index (χ2v) is 6.91. The van der Waals surface area contributed by atoms with Gasteiger partial charge in [-0.15, -0.1) is 11.6 Å². The fourth-order valence-corrected chi connectivity index (χ4v) is 2.79. The Hall–Kier alpha value is -1.92. The minimum atomic E-state index is -4.73. The summed E-state index contributed by atoms with van der Waals surface area (Å²) in [7, 11) is -4.73. The SMILES string of the molecule is Cc1cc(C)nc(NC(=O)[N-]S(=O)(=O)Oc2ccccc2C(=O)OCCCl)n1.[Na+]. The third-order valence-electron chi connectivity index (χ3n) is 3.01. The molecule has 29 heavy (non-hydrogen) atoms. The number of amides is 2. The number of alkyl halides is 1. The van der Waals surface area contributed by atoms with E-state index >= 15 is 0 Å². The number of aryl methyl sites for hydroxylation is 2. The number of esters is 1. The minimum Gasteiger partial charge on any atom is -0.461 e. The van der Waals surface area contributed by atoms with E-state index in [9.17, 15) is 18.0 Å². The summed E-state index contributed by atoms with van der Waals surface area (Å²) in [5.74, 6) is -1.21. The predicted molar refractivity (Wildman–Crippen MR) is 101 cm³/mol. The fourth-order valence-electron chi connectivity index (χ4n) is 2.05. The first-order chi connectivity index (χ1) is 13.2. The number of hydrogen-bond acceptors (Lipinski definition) is 8. The minimum absolute atomic E-state index is 0. The van der Waals surface area contributed by atoms with E-state index in [1.807, 2.05) is 0 Å². The maximum Gasteiger partial charge on any atom is 1.00 e. The second-order valence-electron chi connectivity index (χ2n) is 5.33. The molecule has 0 fully saturated rings. The van der Waals surface area contributed by atoms with Crippen LogP contribution >= 0.6 is 11.6 Å². The van der Waals surface area contributed by atoms with Crippen LogP contribution < -0.4 is 39.1 Å². The van der Waals surface area contributed by atoms with Gasteiger partial charge in [0.1, 0.15) is 18.1 Å². The maximum absolute atomic E-state index is 12.1. The average molecular weight is 451 g/mol. The standard InChI is InChI=1S/C16H17ClN4O6S.Na/c1-10-9-11(2)19-15(18-10)20-16(23)21-28(24,25)27-13-6-4-3-5-12(13)14(22)26-8-7-17;/h3-6,9H,7-8H2,1-2H3,(H2,18,19,20,21,23);/q;+1/p-1. The Morgan fingerprint density at radius 1 is 1.17 bits per heavy atom. The molecule has 0 unspecified atom stereocenters. The topological polar surface area (TPSA) is 139 Å². The van der Waals surface area contributed by atoms with E-state index in [0.717, 1.165) is 0 Å². The zero-order valence-corrected chi connectivity index (χ0v) is 19.5. The van der Waals surface area contributed by atoms with Gasteiger partial charge in [0.2, 0.25) is 0 Å². The van der Waals surface area contributed by atoms with Gasteiger partial charge >= 0.3 is 45.8 Å². The Bertz CT molecular complexity index is 969. The number of urea groups is 1. The van der Waals surface area contributed by atoms with Crippen LogP contribution in [0.2, 0.25) is 0 Å². The van der Waals surface area contributed by atoms with Crippen molar-refractivity contribution in [2.45, 2.75) is 13.8 Å². The Labute approximate surface area is 194 Å². The largest absolute Gasteiger partial charge is 1.00 e. The number of nitrogens with one attached hydrogen (secondary N) is 1. The number of carbonyl (C=O) groups excluding carboxylic acids is 2. The summed E-state index contributed by atoms with van der Waals surface area (Å²) in [6.07, 6.45) is 0. The summed E-state index contributed by atoms with van der Waals surface area (Å²) in [6, 6.07) is 5.85. The van der Waals surface area contributed by atoms with Gasteiger partial charge in [-0.3, -0.25) is 9.52 Å². The quantitative estimate of drug-likeness (QED) is 0.345. The Balaban J connectivity index is 0.00000420. The third kappa shape index (κ3) is 8.15. The zero-order chi connectivity index (χ0) is 20.7. The van der Waals surface area contributed by atoms with Crippen LogP contribution in [0.4, 0.5) is 10.7 Å². The fraction of sp³-hybridized carbons (Fsp3) is 0.250. The number of hydrogen-bond donors (Lipinski definition) is 1. The molecule has 2 rings (SSSR count). The molecule has 0 saturated carbocycles. The zero-order valence-electron chi connectivity index (χ0n) is 15.9. The molecule has 0 spiro atoms. The van der Waals surface area contributed by atoms with E-state index in [1.54, 1.807) is 19.9 Å². The van der Waals surface area contributed by atoms with Crippen molar-refractivity contribution in [1.29, 1.82) is 0 Å². The number of para-hydroxylation sites is 1. The Morgan fingerprint density at radius 3 is 2.41 bits per heavy atom. The third-order valence-corrected chi connectivity index (χ3v) is 3.94. The number of benzene rings is 1. The molecule has 2 amide bonds. The van der Waals surface area contributed by atoms with Crippen LogP contribution in [0.1, 0.15) is 21.7 Å². The molecular weight excluding hydrogens is 435 g/mol. The molecule has 1 heterocycles. The molecule has 150 valence electrons. The summed E-state index contributed by atoms with van der Waals surface area (Å²) in [5.41, 5.74) is 0.988. The summed E-state index contributed by atoms with van der Waals surface area (Å²) in [4.78, 5) is 31.7. The Kier molecular flexibility index (Phi) is 9.80. The summed E-state index contributed by atoms with van der Waals surface area (Å²) >= 11 is 5.45. The summed E-state index contributed by atoms with van der Waals surface area (Å²) in [5, 5.41) is 2.14. The molecule has 0 radical (unpaired) electrons. The average Bonchev–Trinajstić information content (AvgIpc) is 2.58. The number of ether oxygens (including phenoxy) is 1. The smallest absolute Gasteiger partial charge is 0.461 e. The molecule has 1 aromatic heterocycles. The normalized spacial score (nSPS) is 10.4. The van der Waals surface area contributed by atoms with Crippen molar-refractivity contribution in [1.82, 2.24) is 9.97 Å². The van der Waals surface area contributed by atoms with Crippen LogP contribution in [0, 0.1) is 13.8 Å². The van der Waals surface area contributed by atoms with Crippen molar-refractivity contribution in [3.05, 3.63) is 52.0 Å².